The minimum atomic E-state index is 0.0401. The lowest BCUT2D eigenvalue weighted by molar-refractivity contribution is -0.125. The van der Waals surface area contributed by atoms with Crippen molar-refractivity contribution in [3.8, 4) is 0 Å². The molecule has 17 heavy (non-hydrogen) atoms. The Hall–Kier alpha value is -1.42. The molecule has 2 unspecified atom stereocenters. The lowest BCUT2D eigenvalue weighted by Crippen LogP contribution is -2.37. The highest BCUT2D eigenvalue weighted by molar-refractivity contribution is 5.80. The standard InChI is InChI=1S/C13H19N3O/c1-9(11-3-6-14-7-4-11)16-13(17)12-5-8-15-10(12)2/h3-4,6-7,9-10,12,15H,5,8H2,1-2H3,(H,16,17)/t9-,10?,12?/m1/s1. The number of hydrogen-bond acceptors (Lipinski definition) is 3. The first kappa shape index (κ1) is 12.0. The van der Waals surface area contributed by atoms with Crippen LogP contribution in [-0.4, -0.2) is 23.5 Å². The third-order valence-electron chi connectivity index (χ3n) is 3.43. The van der Waals surface area contributed by atoms with Gasteiger partial charge in [0.2, 0.25) is 5.91 Å². The van der Waals surface area contributed by atoms with Crippen LogP contribution in [0.25, 0.3) is 0 Å². The monoisotopic (exact) mass is 233 g/mol. The highest BCUT2D eigenvalue weighted by Gasteiger charge is 2.29. The molecule has 1 aliphatic heterocycles. The van der Waals surface area contributed by atoms with Crippen LogP contribution in [0.2, 0.25) is 0 Å². The summed E-state index contributed by atoms with van der Waals surface area (Å²) in [6.45, 7) is 5.00. The van der Waals surface area contributed by atoms with E-state index in [1.807, 2.05) is 19.1 Å². The van der Waals surface area contributed by atoms with E-state index in [0.29, 0.717) is 0 Å². The van der Waals surface area contributed by atoms with Gasteiger partial charge in [-0.25, -0.2) is 0 Å². The van der Waals surface area contributed by atoms with Crippen LogP contribution in [-0.2, 0) is 4.79 Å². The predicted molar refractivity (Wildman–Crippen MR) is 66.4 cm³/mol. The number of carbonyl (C=O) groups is 1. The Morgan fingerprint density at radius 3 is 2.82 bits per heavy atom. The van der Waals surface area contributed by atoms with Crippen LogP contribution in [0.15, 0.2) is 24.5 Å². The number of nitrogens with zero attached hydrogens (tertiary/aromatic N) is 1. The average Bonchev–Trinajstić information content (AvgIpc) is 2.76. The molecule has 0 aromatic carbocycles. The number of carbonyl (C=O) groups excluding carboxylic acids is 1. The van der Waals surface area contributed by atoms with E-state index in [4.69, 9.17) is 0 Å². The van der Waals surface area contributed by atoms with Crippen molar-refractivity contribution >= 4 is 5.91 Å². The number of pyridine rings is 1. The molecule has 92 valence electrons. The number of amides is 1. The van der Waals surface area contributed by atoms with Crippen molar-refractivity contribution in [2.45, 2.75) is 32.4 Å². The van der Waals surface area contributed by atoms with Gasteiger partial charge in [0, 0.05) is 18.4 Å². The minimum absolute atomic E-state index is 0.0401. The molecule has 0 aliphatic carbocycles. The van der Waals surface area contributed by atoms with Crippen LogP contribution in [0.1, 0.15) is 31.9 Å². The first-order chi connectivity index (χ1) is 8.18. The van der Waals surface area contributed by atoms with Crippen molar-refractivity contribution in [1.29, 1.82) is 0 Å². The quantitative estimate of drug-likeness (QED) is 0.826. The van der Waals surface area contributed by atoms with Crippen LogP contribution in [0, 0.1) is 5.92 Å². The maximum absolute atomic E-state index is 12.1. The lowest BCUT2D eigenvalue weighted by atomic mass is 10.00. The van der Waals surface area contributed by atoms with E-state index < -0.39 is 0 Å². The molecule has 1 amide bonds. The molecule has 1 aromatic heterocycles. The van der Waals surface area contributed by atoms with Gasteiger partial charge in [-0.15, -0.1) is 0 Å². The van der Waals surface area contributed by atoms with E-state index in [1.54, 1.807) is 12.4 Å². The van der Waals surface area contributed by atoms with Gasteiger partial charge in [0.05, 0.1) is 12.0 Å². The van der Waals surface area contributed by atoms with Crippen LogP contribution in [0.5, 0.6) is 0 Å². The fraction of sp³-hybridized carbons (Fsp3) is 0.538. The van der Waals surface area contributed by atoms with Crippen LogP contribution < -0.4 is 10.6 Å². The summed E-state index contributed by atoms with van der Waals surface area (Å²) in [5, 5.41) is 6.35. The largest absolute Gasteiger partial charge is 0.349 e. The fourth-order valence-corrected chi connectivity index (χ4v) is 2.27. The van der Waals surface area contributed by atoms with E-state index >= 15 is 0 Å². The van der Waals surface area contributed by atoms with E-state index in [1.165, 1.54) is 0 Å². The maximum atomic E-state index is 12.1. The molecular weight excluding hydrogens is 214 g/mol. The molecule has 0 radical (unpaired) electrons. The van der Waals surface area contributed by atoms with Gasteiger partial charge in [-0.1, -0.05) is 0 Å². The third kappa shape index (κ3) is 2.82. The summed E-state index contributed by atoms with van der Waals surface area (Å²) >= 11 is 0. The topological polar surface area (TPSA) is 54.0 Å². The van der Waals surface area contributed by atoms with Gasteiger partial charge in [0.1, 0.15) is 0 Å². The summed E-state index contributed by atoms with van der Waals surface area (Å²) in [6, 6.07) is 4.18. The highest BCUT2D eigenvalue weighted by Crippen LogP contribution is 2.17. The van der Waals surface area contributed by atoms with Gasteiger partial charge in [-0.05, 0) is 44.5 Å². The van der Waals surface area contributed by atoms with Gasteiger partial charge in [-0.2, -0.15) is 0 Å². The lowest BCUT2D eigenvalue weighted by Gasteiger charge is -2.19. The van der Waals surface area contributed by atoms with Gasteiger partial charge >= 0.3 is 0 Å². The van der Waals surface area contributed by atoms with Crippen molar-refractivity contribution in [3.05, 3.63) is 30.1 Å². The molecule has 2 N–H and O–H groups in total. The van der Waals surface area contributed by atoms with E-state index in [9.17, 15) is 4.79 Å². The van der Waals surface area contributed by atoms with Crippen molar-refractivity contribution in [1.82, 2.24) is 15.6 Å². The molecule has 2 heterocycles. The Bertz CT molecular complexity index is 380. The molecule has 1 fully saturated rings. The molecule has 4 nitrogen and oxygen atoms in total. The second-order valence-corrected chi connectivity index (χ2v) is 4.65. The smallest absolute Gasteiger partial charge is 0.225 e. The van der Waals surface area contributed by atoms with Crippen LogP contribution in [0.3, 0.4) is 0 Å². The van der Waals surface area contributed by atoms with Crippen LogP contribution >= 0.6 is 0 Å². The summed E-state index contributed by atoms with van der Waals surface area (Å²) < 4.78 is 0. The molecule has 2 rings (SSSR count). The molecule has 3 atom stereocenters. The molecule has 0 saturated carbocycles. The molecule has 4 heteroatoms. The van der Waals surface area contributed by atoms with Crippen LogP contribution in [0.4, 0.5) is 0 Å². The molecule has 1 aromatic rings. The van der Waals surface area contributed by atoms with Crippen molar-refractivity contribution < 1.29 is 4.79 Å². The zero-order chi connectivity index (χ0) is 12.3. The Balaban J connectivity index is 1.95. The number of nitrogens with one attached hydrogen (secondary N) is 2. The van der Waals surface area contributed by atoms with E-state index in [2.05, 4.69) is 22.5 Å². The Morgan fingerprint density at radius 1 is 1.53 bits per heavy atom. The molecule has 1 saturated heterocycles. The summed E-state index contributed by atoms with van der Waals surface area (Å²) in [6.07, 6.45) is 4.42. The molecular formula is C13H19N3O. The Morgan fingerprint density at radius 2 is 2.24 bits per heavy atom. The number of aromatic nitrogens is 1. The summed E-state index contributed by atoms with van der Waals surface area (Å²) in [5.74, 6) is 0.242. The number of rotatable bonds is 3. The van der Waals surface area contributed by atoms with E-state index in [0.717, 1.165) is 18.5 Å². The second-order valence-electron chi connectivity index (χ2n) is 4.65. The highest BCUT2D eigenvalue weighted by atomic mass is 16.2. The Kier molecular flexibility index (Phi) is 3.74. The molecule has 1 aliphatic rings. The fourth-order valence-electron chi connectivity index (χ4n) is 2.27. The van der Waals surface area contributed by atoms with Crippen molar-refractivity contribution in [2.24, 2.45) is 5.92 Å². The number of hydrogen-bond donors (Lipinski definition) is 2. The SMILES string of the molecule is CC1NCCC1C(=O)N[C@H](C)c1ccncc1. The summed E-state index contributed by atoms with van der Waals surface area (Å²) in [5.41, 5.74) is 1.09. The summed E-state index contributed by atoms with van der Waals surface area (Å²) in [4.78, 5) is 16.0. The third-order valence-corrected chi connectivity index (χ3v) is 3.43. The first-order valence-corrected chi connectivity index (χ1v) is 6.12. The normalized spacial score (nSPS) is 25.5. The van der Waals surface area contributed by atoms with Gasteiger partial charge in [0.25, 0.3) is 0 Å². The first-order valence-electron chi connectivity index (χ1n) is 6.12. The predicted octanol–water partition coefficient (Wildman–Crippen LogP) is 1.26. The van der Waals surface area contributed by atoms with Gasteiger partial charge in [-0.3, -0.25) is 9.78 Å². The second kappa shape index (κ2) is 5.27. The zero-order valence-electron chi connectivity index (χ0n) is 10.3. The van der Waals surface area contributed by atoms with Gasteiger partial charge < -0.3 is 10.6 Å². The summed E-state index contributed by atoms with van der Waals surface area (Å²) in [7, 11) is 0. The molecule has 0 bridgehead atoms. The van der Waals surface area contributed by atoms with Gasteiger partial charge in [0.15, 0.2) is 0 Å². The zero-order valence-corrected chi connectivity index (χ0v) is 10.3. The molecule has 0 spiro atoms. The minimum Gasteiger partial charge on any atom is -0.349 e. The van der Waals surface area contributed by atoms with Crippen molar-refractivity contribution in [3.63, 3.8) is 0 Å². The average molecular weight is 233 g/mol. The Labute approximate surface area is 102 Å². The van der Waals surface area contributed by atoms with E-state index in [-0.39, 0.29) is 23.9 Å². The van der Waals surface area contributed by atoms with Crippen molar-refractivity contribution in [2.75, 3.05) is 6.54 Å². The maximum Gasteiger partial charge on any atom is 0.225 e.